The number of carbonyl (C=O) groups excluding carboxylic acids is 1. The molecule has 0 spiro atoms. The molecule has 2 aromatic carbocycles. The number of amides is 1. The van der Waals surface area contributed by atoms with Gasteiger partial charge in [0.1, 0.15) is 10.6 Å². The summed E-state index contributed by atoms with van der Waals surface area (Å²) in [6, 6.07) is 12.2. The molecule has 0 bridgehead atoms. The van der Waals surface area contributed by atoms with Gasteiger partial charge in [0.05, 0.1) is 7.11 Å². The predicted molar refractivity (Wildman–Crippen MR) is 103 cm³/mol. The monoisotopic (exact) mass is 374 g/mol. The predicted octanol–water partition coefficient (Wildman–Crippen LogP) is 2.91. The van der Waals surface area contributed by atoms with Crippen LogP contribution in [-0.2, 0) is 14.8 Å². The van der Waals surface area contributed by atoms with Gasteiger partial charge in [0.2, 0.25) is 15.9 Å². The van der Waals surface area contributed by atoms with Gasteiger partial charge in [-0.05, 0) is 42.3 Å². The van der Waals surface area contributed by atoms with Crippen LogP contribution >= 0.6 is 0 Å². The second kappa shape index (κ2) is 8.16. The molecule has 0 aliphatic carbocycles. The average Bonchev–Trinajstić information content (AvgIpc) is 2.60. The van der Waals surface area contributed by atoms with E-state index in [2.05, 4.69) is 5.32 Å². The molecule has 0 unspecified atom stereocenters. The van der Waals surface area contributed by atoms with E-state index in [0.29, 0.717) is 5.69 Å². The molecule has 2 aromatic rings. The van der Waals surface area contributed by atoms with E-state index in [9.17, 15) is 13.2 Å². The van der Waals surface area contributed by atoms with E-state index in [4.69, 9.17) is 4.74 Å². The maximum atomic E-state index is 12.4. The first kappa shape index (κ1) is 19.7. The molecule has 0 aromatic heterocycles. The van der Waals surface area contributed by atoms with E-state index in [1.165, 1.54) is 39.4 Å². The van der Waals surface area contributed by atoms with Gasteiger partial charge >= 0.3 is 0 Å². The van der Waals surface area contributed by atoms with Gasteiger partial charge in [0.25, 0.3) is 0 Å². The van der Waals surface area contributed by atoms with Crippen LogP contribution < -0.4 is 10.1 Å². The molecule has 0 heterocycles. The van der Waals surface area contributed by atoms with Crippen LogP contribution in [0.1, 0.15) is 11.1 Å². The van der Waals surface area contributed by atoms with Crippen LogP contribution in [0.5, 0.6) is 5.75 Å². The third-order valence-electron chi connectivity index (χ3n) is 3.79. The van der Waals surface area contributed by atoms with E-state index < -0.39 is 10.0 Å². The Hall–Kier alpha value is -2.64. The number of methoxy groups -OCH3 is 1. The van der Waals surface area contributed by atoms with Crippen molar-refractivity contribution >= 4 is 27.7 Å². The zero-order valence-corrected chi connectivity index (χ0v) is 16.0. The van der Waals surface area contributed by atoms with Crippen LogP contribution in [-0.4, -0.2) is 39.8 Å². The van der Waals surface area contributed by atoms with Gasteiger partial charge in [0.15, 0.2) is 0 Å². The van der Waals surface area contributed by atoms with Crippen molar-refractivity contribution in [2.75, 3.05) is 26.5 Å². The highest BCUT2D eigenvalue weighted by Crippen LogP contribution is 2.28. The summed E-state index contributed by atoms with van der Waals surface area (Å²) in [6.45, 7) is 1.96. The molecule has 0 saturated carbocycles. The van der Waals surface area contributed by atoms with Crippen molar-refractivity contribution in [1.29, 1.82) is 0 Å². The fourth-order valence-electron chi connectivity index (χ4n) is 2.28. The Labute approximate surface area is 154 Å². The highest BCUT2D eigenvalue weighted by Gasteiger charge is 2.22. The summed E-state index contributed by atoms with van der Waals surface area (Å²) in [4.78, 5) is 12.1. The van der Waals surface area contributed by atoms with Gasteiger partial charge in [-0.2, -0.15) is 0 Å². The quantitative estimate of drug-likeness (QED) is 0.789. The number of hydrogen-bond acceptors (Lipinski definition) is 4. The molecule has 0 saturated heterocycles. The molecule has 0 atom stereocenters. The van der Waals surface area contributed by atoms with E-state index in [1.807, 2.05) is 31.2 Å². The highest BCUT2D eigenvalue weighted by molar-refractivity contribution is 7.89. The van der Waals surface area contributed by atoms with Crippen LogP contribution in [0.4, 0.5) is 5.69 Å². The van der Waals surface area contributed by atoms with Crippen molar-refractivity contribution in [1.82, 2.24) is 4.31 Å². The second-order valence-corrected chi connectivity index (χ2v) is 7.95. The number of benzene rings is 2. The molecule has 0 aliphatic heterocycles. The van der Waals surface area contributed by atoms with Crippen molar-refractivity contribution in [2.45, 2.75) is 11.8 Å². The lowest BCUT2D eigenvalue weighted by Gasteiger charge is -2.15. The Morgan fingerprint density at radius 2 is 1.85 bits per heavy atom. The van der Waals surface area contributed by atoms with Gasteiger partial charge in [0, 0.05) is 25.9 Å². The third-order valence-corrected chi connectivity index (χ3v) is 5.63. The molecule has 1 amide bonds. The van der Waals surface area contributed by atoms with Gasteiger partial charge in [-0.15, -0.1) is 0 Å². The minimum Gasteiger partial charge on any atom is -0.495 e. The Balaban J connectivity index is 2.25. The SMILES string of the molecule is COc1ccc(NC(=O)/C=C/c2ccccc2C)cc1S(=O)(=O)N(C)C. The molecule has 1 N–H and O–H groups in total. The Bertz CT molecular complexity index is 934. The maximum absolute atomic E-state index is 12.4. The third kappa shape index (κ3) is 4.50. The first-order valence-corrected chi connectivity index (χ1v) is 9.35. The van der Waals surface area contributed by atoms with Crippen LogP contribution in [0.25, 0.3) is 6.08 Å². The number of rotatable bonds is 6. The summed E-state index contributed by atoms with van der Waals surface area (Å²) in [5.74, 6) is -0.140. The lowest BCUT2D eigenvalue weighted by atomic mass is 10.1. The molecule has 7 heteroatoms. The number of nitrogens with zero attached hydrogens (tertiary/aromatic N) is 1. The molecular formula is C19H22N2O4S. The van der Waals surface area contributed by atoms with Crippen molar-refractivity contribution in [3.8, 4) is 5.75 Å². The number of nitrogens with one attached hydrogen (secondary N) is 1. The van der Waals surface area contributed by atoms with Crippen molar-refractivity contribution in [2.24, 2.45) is 0 Å². The molecule has 2 rings (SSSR count). The minimum atomic E-state index is -3.70. The maximum Gasteiger partial charge on any atom is 0.248 e. The fraction of sp³-hybridized carbons (Fsp3) is 0.211. The minimum absolute atomic E-state index is 0.00863. The lowest BCUT2D eigenvalue weighted by molar-refractivity contribution is -0.111. The number of anilines is 1. The van der Waals surface area contributed by atoms with E-state index in [1.54, 1.807) is 12.1 Å². The summed E-state index contributed by atoms with van der Waals surface area (Å²) in [5, 5.41) is 2.67. The van der Waals surface area contributed by atoms with Gasteiger partial charge in [-0.3, -0.25) is 4.79 Å². The van der Waals surface area contributed by atoms with Gasteiger partial charge < -0.3 is 10.1 Å². The molecule has 0 aliphatic rings. The molecule has 138 valence electrons. The molecule has 0 radical (unpaired) electrons. The Morgan fingerprint density at radius 1 is 1.15 bits per heavy atom. The highest BCUT2D eigenvalue weighted by atomic mass is 32.2. The van der Waals surface area contributed by atoms with E-state index >= 15 is 0 Å². The Morgan fingerprint density at radius 3 is 2.46 bits per heavy atom. The van der Waals surface area contributed by atoms with Gasteiger partial charge in [-0.25, -0.2) is 12.7 Å². The normalized spacial score (nSPS) is 11.7. The summed E-state index contributed by atoms with van der Waals surface area (Å²) >= 11 is 0. The van der Waals surface area contributed by atoms with E-state index in [0.717, 1.165) is 15.4 Å². The first-order chi connectivity index (χ1) is 12.3. The lowest BCUT2D eigenvalue weighted by Crippen LogP contribution is -2.23. The summed E-state index contributed by atoms with van der Waals surface area (Å²) in [7, 11) is 0.567. The number of ether oxygens (including phenoxy) is 1. The molecule has 26 heavy (non-hydrogen) atoms. The molecule has 6 nitrogen and oxygen atoms in total. The van der Waals surface area contributed by atoms with Crippen LogP contribution in [0.15, 0.2) is 53.4 Å². The van der Waals surface area contributed by atoms with Crippen molar-refractivity contribution < 1.29 is 17.9 Å². The fourth-order valence-corrected chi connectivity index (χ4v) is 3.35. The largest absolute Gasteiger partial charge is 0.495 e. The van der Waals surface area contributed by atoms with Crippen LogP contribution in [0.3, 0.4) is 0 Å². The molecular weight excluding hydrogens is 352 g/mol. The zero-order valence-electron chi connectivity index (χ0n) is 15.2. The first-order valence-electron chi connectivity index (χ1n) is 7.91. The summed E-state index contributed by atoms with van der Waals surface area (Å²) in [6.07, 6.45) is 3.12. The van der Waals surface area contributed by atoms with Crippen molar-refractivity contribution in [3.63, 3.8) is 0 Å². The average molecular weight is 374 g/mol. The van der Waals surface area contributed by atoms with Gasteiger partial charge in [-0.1, -0.05) is 24.3 Å². The number of hydrogen-bond donors (Lipinski definition) is 1. The topological polar surface area (TPSA) is 75.7 Å². The zero-order chi connectivity index (χ0) is 19.3. The van der Waals surface area contributed by atoms with Crippen LogP contribution in [0.2, 0.25) is 0 Å². The van der Waals surface area contributed by atoms with Crippen molar-refractivity contribution in [3.05, 3.63) is 59.7 Å². The summed E-state index contributed by atoms with van der Waals surface area (Å²) in [5.41, 5.74) is 2.36. The van der Waals surface area contributed by atoms with Crippen LogP contribution in [0, 0.1) is 6.92 Å². The Kier molecular flexibility index (Phi) is 6.18. The number of aryl methyl sites for hydroxylation is 1. The number of carbonyl (C=O) groups is 1. The number of sulfonamides is 1. The second-order valence-electron chi connectivity index (χ2n) is 5.83. The smallest absolute Gasteiger partial charge is 0.248 e. The molecule has 0 fully saturated rings. The van der Waals surface area contributed by atoms with E-state index in [-0.39, 0.29) is 16.6 Å². The summed E-state index contributed by atoms with van der Waals surface area (Å²) < 4.78 is 31.1. The standard InChI is InChI=1S/C19H22N2O4S/c1-14-7-5-6-8-15(14)9-12-19(22)20-16-10-11-17(25-4)18(13-16)26(23,24)21(2)3/h5-13H,1-4H3,(H,20,22)/b12-9+.